The van der Waals surface area contributed by atoms with E-state index in [0.29, 0.717) is 25.4 Å². The van der Waals surface area contributed by atoms with Crippen LogP contribution in [-0.4, -0.2) is 47.7 Å². The van der Waals surface area contributed by atoms with Crippen molar-refractivity contribution in [2.75, 3.05) is 25.0 Å². The summed E-state index contributed by atoms with van der Waals surface area (Å²) < 4.78 is 9.87. The maximum absolute atomic E-state index is 11.9. The highest BCUT2D eigenvalue weighted by molar-refractivity contribution is 5.93. The van der Waals surface area contributed by atoms with Gasteiger partial charge in [-0.2, -0.15) is 0 Å². The SMILES string of the molecule is CCN1CCOC(=O)C1CC(=O)Nc1cc(C)no1. The molecule has 0 saturated carbocycles. The molecule has 1 aliphatic heterocycles. The van der Waals surface area contributed by atoms with Gasteiger partial charge in [-0.25, -0.2) is 0 Å². The normalized spacial score (nSPS) is 20.1. The van der Waals surface area contributed by atoms with Gasteiger partial charge in [0.1, 0.15) is 12.6 Å². The van der Waals surface area contributed by atoms with Crippen molar-refractivity contribution >= 4 is 17.8 Å². The van der Waals surface area contributed by atoms with Crippen molar-refractivity contribution in [3.63, 3.8) is 0 Å². The molecule has 1 aliphatic rings. The number of rotatable bonds is 4. The quantitative estimate of drug-likeness (QED) is 0.802. The lowest BCUT2D eigenvalue weighted by Crippen LogP contribution is -2.50. The van der Waals surface area contributed by atoms with Gasteiger partial charge in [0.25, 0.3) is 0 Å². The number of carbonyl (C=O) groups excluding carboxylic acids is 2. The van der Waals surface area contributed by atoms with Crippen molar-refractivity contribution in [3.8, 4) is 0 Å². The van der Waals surface area contributed by atoms with E-state index in [1.807, 2.05) is 11.8 Å². The van der Waals surface area contributed by atoms with Crippen LogP contribution in [0.5, 0.6) is 0 Å². The van der Waals surface area contributed by atoms with E-state index in [4.69, 9.17) is 9.26 Å². The maximum Gasteiger partial charge on any atom is 0.323 e. The number of likely N-dealkylation sites (N-methyl/N-ethyl adjacent to an activating group) is 1. The molecular formula is C12H17N3O4. The number of hydrogen-bond donors (Lipinski definition) is 1. The van der Waals surface area contributed by atoms with E-state index in [0.717, 1.165) is 0 Å². The summed E-state index contributed by atoms with van der Waals surface area (Å²) in [5, 5.41) is 6.24. The van der Waals surface area contributed by atoms with Crippen LogP contribution in [0.15, 0.2) is 10.6 Å². The van der Waals surface area contributed by atoms with Gasteiger partial charge in [-0.3, -0.25) is 19.8 Å². The summed E-state index contributed by atoms with van der Waals surface area (Å²) in [5.41, 5.74) is 0.683. The molecule has 0 aromatic carbocycles. The van der Waals surface area contributed by atoms with Crippen LogP contribution in [-0.2, 0) is 14.3 Å². The minimum Gasteiger partial charge on any atom is -0.463 e. The first kappa shape index (κ1) is 13.5. The molecule has 7 heteroatoms. The number of aryl methyl sites for hydroxylation is 1. The highest BCUT2D eigenvalue weighted by Gasteiger charge is 2.32. The number of anilines is 1. The summed E-state index contributed by atoms with van der Waals surface area (Å²) in [5.74, 6) is -0.356. The molecule has 0 bridgehead atoms. The fourth-order valence-electron chi connectivity index (χ4n) is 2.04. The van der Waals surface area contributed by atoms with Gasteiger partial charge in [-0.1, -0.05) is 12.1 Å². The van der Waals surface area contributed by atoms with E-state index in [9.17, 15) is 9.59 Å². The summed E-state index contributed by atoms with van der Waals surface area (Å²) >= 11 is 0. The zero-order valence-corrected chi connectivity index (χ0v) is 11.0. The Morgan fingerprint density at radius 2 is 2.42 bits per heavy atom. The fourth-order valence-corrected chi connectivity index (χ4v) is 2.04. The second-order valence-corrected chi connectivity index (χ2v) is 4.40. The highest BCUT2D eigenvalue weighted by atomic mass is 16.5. The van der Waals surface area contributed by atoms with Crippen LogP contribution in [0, 0.1) is 6.92 Å². The molecule has 7 nitrogen and oxygen atoms in total. The Balaban J connectivity index is 1.94. The molecule has 19 heavy (non-hydrogen) atoms. The minimum atomic E-state index is -0.525. The molecule has 1 aromatic rings. The van der Waals surface area contributed by atoms with Crippen LogP contribution in [0.3, 0.4) is 0 Å². The second-order valence-electron chi connectivity index (χ2n) is 4.40. The topological polar surface area (TPSA) is 84.7 Å². The molecule has 0 aliphatic carbocycles. The van der Waals surface area contributed by atoms with Crippen molar-refractivity contribution in [2.45, 2.75) is 26.3 Å². The van der Waals surface area contributed by atoms with Gasteiger partial charge in [0.15, 0.2) is 0 Å². The zero-order chi connectivity index (χ0) is 13.8. The Hall–Kier alpha value is -1.89. The maximum atomic E-state index is 11.9. The summed E-state index contributed by atoms with van der Waals surface area (Å²) in [7, 11) is 0. The number of aromatic nitrogens is 1. The molecule has 1 amide bonds. The third-order valence-electron chi connectivity index (χ3n) is 3.01. The van der Waals surface area contributed by atoms with Crippen LogP contribution in [0.25, 0.3) is 0 Å². The molecule has 1 atom stereocenters. The van der Waals surface area contributed by atoms with Crippen molar-refractivity contribution < 1.29 is 18.8 Å². The number of esters is 1. The number of amides is 1. The van der Waals surface area contributed by atoms with Gasteiger partial charge in [0.2, 0.25) is 11.8 Å². The van der Waals surface area contributed by atoms with E-state index >= 15 is 0 Å². The molecule has 2 heterocycles. The Labute approximate surface area is 110 Å². The Morgan fingerprint density at radius 1 is 1.63 bits per heavy atom. The predicted octanol–water partition coefficient (Wildman–Crippen LogP) is 0.559. The van der Waals surface area contributed by atoms with Gasteiger partial charge in [0.05, 0.1) is 12.1 Å². The average molecular weight is 267 g/mol. The first-order valence-electron chi connectivity index (χ1n) is 6.24. The summed E-state index contributed by atoms with van der Waals surface area (Å²) in [4.78, 5) is 25.5. The largest absolute Gasteiger partial charge is 0.463 e. The van der Waals surface area contributed by atoms with E-state index in [1.54, 1.807) is 13.0 Å². The first-order chi connectivity index (χ1) is 9.10. The summed E-state index contributed by atoms with van der Waals surface area (Å²) in [6.45, 7) is 5.45. The molecule has 1 N–H and O–H groups in total. The van der Waals surface area contributed by atoms with Crippen molar-refractivity contribution in [2.24, 2.45) is 0 Å². The predicted molar refractivity (Wildman–Crippen MR) is 66.5 cm³/mol. The van der Waals surface area contributed by atoms with Crippen LogP contribution in [0.2, 0.25) is 0 Å². The third kappa shape index (κ3) is 3.31. The Bertz CT molecular complexity index is 471. The number of ether oxygens (including phenoxy) is 1. The third-order valence-corrected chi connectivity index (χ3v) is 3.01. The van der Waals surface area contributed by atoms with Gasteiger partial charge >= 0.3 is 5.97 Å². The standard InChI is InChI=1S/C12H17N3O4/c1-3-15-4-5-18-12(17)9(15)7-10(16)13-11-6-8(2)14-19-11/h6,9H,3-5,7H2,1-2H3,(H,13,16). The van der Waals surface area contributed by atoms with Gasteiger partial charge in [-0.05, 0) is 13.5 Å². The second kappa shape index (κ2) is 5.83. The molecular weight excluding hydrogens is 250 g/mol. The lowest BCUT2D eigenvalue weighted by molar-refractivity contribution is -0.158. The lowest BCUT2D eigenvalue weighted by Gasteiger charge is -2.32. The fraction of sp³-hybridized carbons (Fsp3) is 0.583. The van der Waals surface area contributed by atoms with Gasteiger partial charge < -0.3 is 9.26 Å². The number of morpholine rings is 1. The van der Waals surface area contributed by atoms with Crippen LogP contribution in [0.1, 0.15) is 19.0 Å². The molecule has 0 spiro atoms. The smallest absolute Gasteiger partial charge is 0.323 e. The molecule has 1 unspecified atom stereocenters. The molecule has 1 fully saturated rings. The Morgan fingerprint density at radius 3 is 3.05 bits per heavy atom. The highest BCUT2D eigenvalue weighted by Crippen LogP contribution is 2.14. The van der Waals surface area contributed by atoms with Gasteiger partial charge in [0, 0.05) is 12.6 Å². The number of cyclic esters (lactones) is 1. The molecule has 104 valence electrons. The van der Waals surface area contributed by atoms with Crippen molar-refractivity contribution in [3.05, 3.63) is 11.8 Å². The van der Waals surface area contributed by atoms with Crippen LogP contribution >= 0.6 is 0 Å². The van der Waals surface area contributed by atoms with Crippen molar-refractivity contribution in [1.29, 1.82) is 0 Å². The lowest BCUT2D eigenvalue weighted by atomic mass is 10.1. The number of carbonyl (C=O) groups is 2. The van der Waals surface area contributed by atoms with Crippen LogP contribution < -0.4 is 5.32 Å². The summed E-state index contributed by atoms with van der Waals surface area (Å²) in [6, 6.07) is 1.09. The Kier molecular flexibility index (Phi) is 4.16. The van der Waals surface area contributed by atoms with E-state index in [-0.39, 0.29) is 24.2 Å². The van der Waals surface area contributed by atoms with E-state index < -0.39 is 6.04 Å². The molecule has 0 radical (unpaired) electrons. The number of nitrogens with zero attached hydrogens (tertiary/aromatic N) is 2. The van der Waals surface area contributed by atoms with Gasteiger partial charge in [-0.15, -0.1) is 0 Å². The average Bonchev–Trinajstić information content (AvgIpc) is 2.77. The zero-order valence-electron chi connectivity index (χ0n) is 11.0. The van der Waals surface area contributed by atoms with E-state index in [2.05, 4.69) is 10.5 Å². The molecule has 1 saturated heterocycles. The number of hydrogen-bond acceptors (Lipinski definition) is 6. The summed E-state index contributed by atoms with van der Waals surface area (Å²) in [6.07, 6.45) is 0.0480. The number of nitrogens with one attached hydrogen (secondary N) is 1. The molecule has 1 aromatic heterocycles. The molecule has 2 rings (SSSR count). The van der Waals surface area contributed by atoms with Crippen LogP contribution in [0.4, 0.5) is 5.88 Å². The first-order valence-corrected chi connectivity index (χ1v) is 6.24. The van der Waals surface area contributed by atoms with E-state index in [1.165, 1.54) is 0 Å². The minimum absolute atomic E-state index is 0.0480. The van der Waals surface area contributed by atoms with Crippen molar-refractivity contribution in [1.82, 2.24) is 10.1 Å². The monoisotopic (exact) mass is 267 g/mol.